The number of hydrogen-bond acceptors (Lipinski definition) is 6. The second kappa shape index (κ2) is 7.45. The molecule has 0 fully saturated rings. The van der Waals surface area contributed by atoms with Gasteiger partial charge in [-0.1, -0.05) is 26.0 Å². The molecule has 2 heterocycles. The maximum Gasteiger partial charge on any atom is 0.251 e. The van der Waals surface area contributed by atoms with E-state index < -0.39 is 10.0 Å². The number of benzene rings is 1. The first-order chi connectivity index (χ1) is 12.9. The van der Waals surface area contributed by atoms with Crippen LogP contribution in [0, 0.1) is 0 Å². The molecule has 0 spiro atoms. The second-order valence-corrected chi connectivity index (χ2v) is 7.90. The van der Waals surface area contributed by atoms with Gasteiger partial charge in [-0.05, 0) is 18.2 Å². The van der Waals surface area contributed by atoms with Crippen molar-refractivity contribution in [3.05, 3.63) is 58.8 Å². The Hall–Kier alpha value is -2.78. The largest absolute Gasteiger partial charge is 0.383 e. The Morgan fingerprint density at radius 2 is 1.78 bits per heavy atom. The van der Waals surface area contributed by atoms with Crippen LogP contribution in [0.5, 0.6) is 0 Å². The number of sulfonamides is 1. The van der Waals surface area contributed by atoms with Gasteiger partial charge < -0.3 is 10.3 Å². The quantitative estimate of drug-likeness (QED) is 0.685. The van der Waals surface area contributed by atoms with E-state index in [1.165, 1.54) is 27.2 Å². The Bertz CT molecular complexity index is 1140. The molecule has 0 saturated heterocycles. The number of nitrogens with zero attached hydrogens (tertiary/aromatic N) is 4. The average molecular weight is 387 g/mol. The second-order valence-electron chi connectivity index (χ2n) is 5.96. The third-order valence-corrected chi connectivity index (χ3v) is 6.32. The van der Waals surface area contributed by atoms with Crippen LogP contribution < -0.4 is 11.3 Å². The predicted octanol–water partition coefficient (Wildman–Crippen LogP) is 1.45. The molecule has 3 aromatic rings. The lowest BCUT2D eigenvalue weighted by Gasteiger charge is -2.19. The van der Waals surface area contributed by atoms with Gasteiger partial charge in [-0.15, -0.1) is 0 Å². The highest BCUT2D eigenvalue weighted by Gasteiger charge is 2.22. The van der Waals surface area contributed by atoms with Crippen LogP contribution in [-0.4, -0.2) is 40.3 Å². The molecule has 27 heavy (non-hydrogen) atoms. The molecular formula is C18H21N5O3S. The van der Waals surface area contributed by atoms with Crippen molar-refractivity contribution in [2.75, 3.05) is 18.8 Å². The van der Waals surface area contributed by atoms with Crippen molar-refractivity contribution in [3.63, 3.8) is 0 Å². The number of aromatic nitrogens is 3. The zero-order valence-corrected chi connectivity index (χ0v) is 16.0. The van der Waals surface area contributed by atoms with Gasteiger partial charge in [0.05, 0.1) is 17.0 Å². The van der Waals surface area contributed by atoms with E-state index in [9.17, 15) is 13.2 Å². The van der Waals surface area contributed by atoms with Crippen molar-refractivity contribution in [2.24, 2.45) is 0 Å². The van der Waals surface area contributed by atoms with Crippen LogP contribution in [0.4, 0.5) is 5.82 Å². The van der Waals surface area contributed by atoms with Crippen molar-refractivity contribution >= 4 is 26.7 Å². The number of fused-ring (bicyclic) bond motifs is 1. The summed E-state index contributed by atoms with van der Waals surface area (Å²) in [6.07, 6.45) is 1.32. The number of nitrogens with two attached hydrogens (primary N) is 1. The topological polar surface area (TPSA) is 111 Å². The van der Waals surface area contributed by atoms with Crippen molar-refractivity contribution in [3.8, 4) is 0 Å². The zero-order valence-electron chi connectivity index (χ0n) is 15.2. The molecule has 0 bridgehead atoms. The first kappa shape index (κ1) is 19.0. The van der Waals surface area contributed by atoms with E-state index in [1.54, 1.807) is 19.9 Å². The third kappa shape index (κ3) is 3.69. The van der Waals surface area contributed by atoms with Crippen LogP contribution in [0.2, 0.25) is 0 Å². The van der Waals surface area contributed by atoms with Crippen molar-refractivity contribution in [1.29, 1.82) is 0 Å². The standard InChI is InChI=1S/C18H21N5O3S/c1-3-23(4-2)27(25,26)13-9-10-17(24)22(11-13)12-16-20-15-8-6-5-7-14(15)18(19)21-16/h5-11H,3-4,12H2,1-2H3,(H2,19,20,21). The van der Waals surface area contributed by atoms with Gasteiger partial charge in [-0.25, -0.2) is 18.4 Å². The normalized spacial score (nSPS) is 12.0. The number of pyridine rings is 1. The summed E-state index contributed by atoms with van der Waals surface area (Å²) < 4.78 is 28.0. The third-order valence-electron chi connectivity index (χ3n) is 4.29. The Balaban J connectivity index is 2.02. The summed E-state index contributed by atoms with van der Waals surface area (Å²) in [7, 11) is -3.67. The zero-order chi connectivity index (χ0) is 19.6. The molecule has 0 saturated carbocycles. The highest BCUT2D eigenvalue weighted by molar-refractivity contribution is 7.89. The molecule has 1 aromatic carbocycles. The molecule has 0 radical (unpaired) electrons. The van der Waals surface area contributed by atoms with Gasteiger partial charge >= 0.3 is 0 Å². The summed E-state index contributed by atoms with van der Waals surface area (Å²) in [5.41, 5.74) is 6.31. The van der Waals surface area contributed by atoms with E-state index in [4.69, 9.17) is 5.73 Å². The molecule has 0 unspecified atom stereocenters. The predicted molar refractivity (Wildman–Crippen MR) is 104 cm³/mol. The molecule has 2 N–H and O–H groups in total. The Kier molecular flexibility index (Phi) is 5.24. The van der Waals surface area contributed by atoms with Crippen LogP contribution in [0.3, 0.4) is 0 Å². The minimum Gasteiger partial charge on any atom is -0.383 e. The van der Waals surface area contributed by atoms with Gasteiger partial charge in [0.25, 0.3) is 5.56 Å². The molecule has 2 aromatic heterocycles. The molecule has 8 nitrogen and oxygen atoms in total. The Labute approximate surface area is 157 Å². The lowest BCUT2D eigenvalue weighted by atomic mass is 10.2. The SMILES string of the molecule is CCN(CC)S(=O)(=O)c1ccc(=O)n(Cc2nc(N)c3ccccc3n2)c1. The fourth-order valence-corrected chi connectivity index (χ4v) is 4.35. The van der Waals surface area contributed by atoms with Crippen molar-refractivity contribution < 1.29 is 8.42 Å². The summed E-state index contributed by atoms with van der Waals surface area (Å²) in [4.78, 5) is 20.9. The lowest BCUT2D eigenvalue weighted by molar-refractivity contribution is 0.444. The molecule has 9 heteroatoms. The Morgan fingerprint density at radius 1 is 1.07 bits per heavy atom. The summed E-state index contributed by atoms with van der Waals surface area (Å²) in [5.74, 6) is 0.654. The fourth-order valence-electron chi connectivity index (χ4n) is 2.87. The highest BCUT2D eigenvalue weighted by Crippen LogP contribution is 2.18. The van der Waals surface area contributed by atoms with E-state index in [2.05, 4.69) is 9.97 Å². The monoisotopic (exact) mass is 387 g/mol. The van der Waals surface area contributed by atoms with E-state index in [0.717, 1.165) is 5.39 Å². The first-order valence-corrected chi connectivity index (χ1v) is 10.0. The molecule has 0 aliphatic carbocycles. The number of nitrogen functional groups attached to an aromatic ring is 1. The summed E-state index contributed by atoms with van der Waals surface area (Å²) in [6, 6.07) is 9.86. The van der Waals surface area contributed by atoms with E-state index in [1.807, 2.05) is 18.2 Å². The van der Waals surface area contributed by atoms with Gasteiger partial charge in [-0.3, -0.25) is 4.79 Å². The molecular weight excluding hydrogens is 366 g/mol. The lowest BCUT2D eigenvalue weighted by Crippen LogP contribution is -2.32. The average Bonchev–Trinajstić information content (AvgIpc) is 2.64. The molecule has 142 valence electrons. The number of anilines is 1. The van der Waals surface area contributed by atoms with Gasteiger partial charge in [0, 0.05) is 30.7 Å². The van der Waals surface area contributed by atoms with Gasteiger partial charge in [-0.2, -0.15) is 4.31 Å². The minimum atomic E-state index is -3.67. The van der Waals surface area contributed by atoms with Gasteiger partial charge in [0.1, 0.15) is 5.82 Å². The maximum absolute atomic E-state index is 12.7. The summed E-state index contributed by atoms with van der Waals surface area (Å²) in [6.45, 7) is 4.26. The summed E-state index contributed by atoms with van der Waals surface area (Å²) >= 11 is 0. The molecule has 0 aliphatic heterocycles. The fraction of sp³-hybridized carbons (Fsp3) is 0.278. The summed E-state index contributed by atoms with van der Waals surface area (Å²) in [5, 5.41) is 0.728. The van der Waals surface area contributed by atoms with Crippen LogP contribution >= 0.6 is 0 Å². The van der Waals surface area contributed by atoms with E-state index in [-0.39, 0.29) is 17.0 Å². The first-order valence-electron chi connectivity index (χ1n) is 8.58. The van der Waals surface area contributed by atoms with Gasteiger partial charge in [0.2, 0.25) is 10.0 Å². The van der Waals surface area contributed by atoms with Crippen molar-refractivity contribution in [1.82, 2.24) is 18.8 Å². The molecule has 0 atom stereocenters. The van der Waals surface area contributed by atoms with Crippen LogP contribution in [0.25, 0.3) is 10.9 Å². The molecule has 0 amide bonds. The maximum atomic E-state index is 12.7. The highest BCUT2D eigenvalue weighted by atomic mass is 32.2. The number of para-hydroxylation sites is 1. The number of rotatable bonds is 6. The van der Waals surface area contributed by atoms with Crippen LogP contribution in [0.1, 0.15) is 19.7 Å². The number of hydrogen-bond donors (Lipinski definition) is 1. The molecule has 0 aliphatic rings. The van der Waals surface area contributed by atoms with Crippen molar-refractivity contribution in [2.45, 2.75) is 25.3 Å². The molecule has 3 rings (SSSR count). The smallest absolute Gasteiger partial charge is 0.251 e. The Morgan fingerprint density at radius 3 is 2.48 bits per heavy atom. The van der Waals surface area contributed by atoms with E-state index >= 15 is 0 Å². The van der Waals surface area contributed by atoms with E-state index in [0.29, 0.717) is 30.2 Å². The van der Waals surface area contributed by atoms with Crippen LogP contribution in [-0.2, 0) is 16.6 Å². The van der Waals surface area contributed by atoms with Gasteiger partial charge in [0.15, 0.2) is 5.82 Å². The minimum absolute atomic E-state index is 0.0233. The van der Waals surface area contributed by atoms with Crippen LogP contribution in [0.15, 0.2) is 52.3 Å².